The van der Waals surface area contributed by atoms with Crippen molar-refractivity contribution in [2.24, 2.45) is 11.8 Å². The largest absolute Gasteiger partial charge is 0.337 e. The molecule has 24 heavy (non-hydrogen) atoms. The van der Waals surface area contributed by atoms with E-state index >= 15 is 0 Å². The van der Waals surface area contributed by atoms with Crippen LogP contribution in [0.15, 0.2) is 18.2 Å². The van der Waals surface area contributed by atoms with Gasteiger partial charge in [-0.2, -0.15) is 0 Å². The highest BCUT2D eigenvalue weighted by molar-refractivity contribution is 5.94. The number of amides is 1. The number of carbonyl (C=O) groups is 1. The van der Waals surface area contributed by atoms with Gasteiger partial charge in [0.2, 0.25) is 0 Å². The molecule has 1 atom stereocenters. The summed E-state index contributed by atoms with van der Waals surface area (Å²) in [5.74, 6) is 0.773. The molecule has 1 aliphatic heterocycles. The van der Waals surface area contributed by atoms with Crippen LogP contribution in [-0.4, -0.2) is 47.9 Å². The predicted octanol–water partition coefficient (Wildman–Crippen LogP) is 3.72. The average molecular weight is 332 g/mol. The minimum Gasteiger partial charge on any atom is -0.337 e. The topological polar surface area (TPSA) is 23.6 Å². The third-order valence-electron chi connectivity index (χ3n) is 5.35. The summed E-state index contributed by atoms with van der Waals surface area (Å²) in [4.78, 5) is 17.3. The van der Waals surface area contributed by atoms with Crippen molar-refractivity contribution in [1.29, 1.82) is 0 Å². The number of rotatable bonds is 4. The Kier molecular flexibility index (Phi) is 5.24. The number of hydrogen-bond donors (Lipinski definition) is 0. The van der Waals surface area contributed by atoms with E-state index in [0.717, 1.165) is 37.5 Å². The van der Waals surface area contributed by atoms with Crippen LogP contribution in [0.2, 0.25) is 0 Å². The van der Waals surface area contributed by atoms with Gasteiger partial charge in [-0.25, -0.2) is 4.39 Å². The third-order valence-corrected chi connectivity index (χ3v) is 5.35. The van der Waals surface area contributed by atoms with Gasteiger partial charge in [-0.15, -0.1) is 0 Å². The van der Waals surface area contributed by atoms with Crippen molar-refractivity contribution in [1.82, 2.24) is 9.80 Å². The van der Waals surface area contributed by atoms with Crippen molar-refractivity contribution >= 4 is 5.91 Å². The fourth-order valence-electron chi connectivity index (χ4n) is 3.70. The minimum atomic E-state index is -0.403. The average Bonchev–Trinajstić information content (AvgIpc) is 3.34. The van der Waals surface area contributed by atoms with Crippen molar-refractivity contribution in [3.8, 4) is 0 Å². The molecule has 3 nitrogen and oxygen atoms in total. The molecular formula is C20H29FN2O. The van der Waals surface area contributed by atoms with Gasteiger partial charge >= 0.3 is 0 Å². The van der Waals surface area contributed by atoms with Crippen molar-refractivity contribution in [3.05, 3.63) is 35.1 Å². The van der Waals surface area contributed by atoms with Gasteiger partial charge in [-0.3, -0.25) is 9.69 Å². The molecule has 1 aromatic carbocycles. The first-order chi connectivity index (χ1) is 11.5. The molecule has 4 heteroatoms. The summed E-state index contributed by atoms with van der Waals surface area (Å²) in [5.41, 5.74) is 1.05. The standard InChI is InChI=1S/C20H29FN2O/c1-14(2)19-13-23(10-4-9-22(19)12-16-6-7-16)20(24)17-8-5-15(3)11-18(17)21/h5,8,11,14,16,19H,4,6-7,9-10,12-13H2,1-3H3. The molecule has 0 N–H and O–H groups in total. The van der Waals surface area contributed by atoms with Crippen LogP contribution in [0, 0.1) is 24.6 Å². The normalized spacial score (nSPS) is 22.7. The zero-order chi connectivity index (χ0) is 17.3. The predicted molar refractivity (Wildman–Crippen MR) is 94.6 cm³/mol. The number of carbonyl (C=O) groups excluding carboxylic acids is 1. The van der Waals surface area contributed by atoms with Gasteiger partial charge in [0.15, 0.2) is 0 Å². The molecule has 1 amide bonds. The Morgan fingerprint density at radius 1 is 1.29 bits per heavy atom. The van der Waals surface area contributed by atoms with Gasteiger partial charge in [0.1, 0.15) is 5.82 Å². The lowest BCUT2D eigenvalue weighted by Crippen LogP contribution is -2.46. The zero-order valence-electron chi connectivity index (χ0n) is 15.1. The zero-order valence-corrected chi connectivity index (χ0v) is 15.1. The highest BCUT2D eigenvalue weighted by Crippen LogP contribution is 2.32. The van der Waals surface area contributed by atoms with Crippen LogP contribution < -0.4 is 0 Å². The van der Waals surface area contributed by atoms with Crippen LogP contribution in [0.4, 0.5) is 4.39 Å². The van der Waals surface area contributed by atoms with Crippen LogP contribution in [0.1, 0.15) is 49.0 Å². The van der Waals surface area contributed by atoms with E-state index in [9.17, 15) is 9.18 Å². The molecule has 1 saturated heterocycles. The Morgan fingerprint density at radius 2 is 2.04 bits per heavy atom. The molecule has 1 saturated carbocycles. The van der Waals surface area contributed by atoms with E-state index in [1.54, 1.807) is 6.07 Å². The Bertz CT molecular complexity index is 597. The fraction of sp³-hybridized carbons (Fsp3) is 0.650. The monoisotopic (exact) mass is 332 g/mol. The molecular weight excluding hydrogens is 303 g/mol. The van der Waals surface area contributed by atoms with Crippen LogP contribution in [0.3, 0.4) is 0 Å². The number of nitrogens with zero attached hydrogens (tertiary/aromatic N) is 2. The molecule has 0 aromatic heterocycles. The molecule has 1 aliphatic carbocycles. The summed E-state index contributed by atoms with van der Waals surface area (Å²) in [6, 6.07) is 5.26. The van der Waals surface area contributed by atoms with E-state index in [2.05, 4.69) is 18.7 Å². The molecule has 2 fully saturated rings. The first-order valence-corrected chi connectivity index (χ1v) is 9.25. The van der Waals surface area contributed by atoms with E-state index in [-0.39, 0.29) is 11.5 Å². The Labute approximate surface area is 144 Å². The molecule has 0 bridgehead atoms. The second-order valence-electron chi connectivity index (χ2n) is 7.84. The Morgan fingerprint density at radius 3 is 2.67 bits per heavy atom. The molecule has 3 rings (SSSR count). The van der Waals surface area contributed by atoms with E-state index in [1.165, 1.54) is 18.9 Å². The Balaban J connectivity index is 1.76. The molecule has 1 unspecified atom stereocenters. The first kappa shape index (κ1) is 17.4. The van der Waals surface area contributed by atoms with Gasteiger partial charge in [0.05, 0.1) is 5.56 Å². The van der Waals surface area contributed by atoms with E-state index in [0.29, 0.717) is 18.5 Å². The smallest absolute Gasteiger partial charge is 0.256 e. The van der Waals surface area contributed by atoms with E-state index in [1.807, 2.05) is 17.9 Å². The van der Waals surface area contributed by atoms with Gasteiger partial charge < -0.3 is 4.90 Å². The number of benzene rings is 1. The number of aryl methyl sites for hydroxylation is 1. The lowest BCUT2D eigenvalue weighted by Gasteiger charge is -2.34. The van der Waals surface area contributed by atoms with Crippen LogP contribution >= 0.6 is 0 Å². The highest BCUT2D eigenvalue weighted by Gasteiger charge is 2.33. The SMILES string of the molecule is Cc1ccc(C(=O)N2CCCN(CC3CC3)C(C(C)C)C2)c(F)c1. The lowest BCUT2D eigenvalue weighted by molar-refractivity contribution is 0.0700. The van der Waals surface area contributed by atoms with Crippen LogP contribution in [0.25, 0.3) is 0 Å². The van der Waals surface area contributed by atoms with E-state index < -0.39 is 5.82 Å². The quantitative estimate of drug-likeness (QED) is 0.839. The van der Waals surface area contributed by atoms with Crippen molar-refractivity contribution in [2.45, 2.75) is 46.1 Å². The second kappa shape index (κ2) is 7.22. The van der Waals surface area contributed by atoms with E-state index in [4.69, 9.17) is 0 Å². The van der Waals surface area contributed by atoms with Crippen molar-refractivity contribution < 1.29 is 9.18 Å². The van der Waals surface area contributed by atoms with Gasteiger partial charge in [-0.05, 0) is 55.7 Å². The minimum absolute atomic E-state index is 0.161. The molecule has 2 aliphatic rings. The van der Waals surface area contributed by atoms with Crippen LogP contribution in [0.5, 0.6) is 0 Å². The number of hydrogen-bond acceptors (Lipinski definition) is 2. The Hall–Kier alpha value is -1.42. The maximum atomic E-state index is 14.2. The molecule has 1 aromatic rings. The molecule has 1 heterocycles. The van der Waals surface area contributed by atoms with Crippen molar-refractivity contribution in [2.75, 3.05) is 26.2 Å². The first-order valence-electron chi connectivity index (χ1n) is 9.25. The summed E-state index contributed by atoms with van der Waals surface area (Å²) >= 11 is 0. The van der Waals surface area contributed by atoms with Crippen LogP contribution in [-0.2, 0) is 0 Å². The van der Waals surface area contributed by atoms with Gasteiger partial charge in [0.25, 0.3) is 5.91 Å². The maximum absolute atomic E-state index is 14.2. The molecule has 0 radical (unpaired) electrons. The van der Waals surface area contributed by atoms with Crippen molar-refractivity contribution in [3.63, 3.8) is 0 Å². The maximum Gasteiger partial charge on any atom is 0.256 e. The highest BCUT2D eigenvalue weighted by atomic mass is 19.1. The lowest BCUT2D eigenvalue weighted by atomic mass is 10.0. The summed E-state index contributed by atoms with van der Waals surface area (Å²) in [7, 11) is 0. The molecule has 0 spiro atoms. The number of halogens is 1. The summed E-state index contributed by atoms with van der Waals surface area (Å²) < 4.78 is 14.2. The summed E-state index contributed by atoms with van der Waals surface area (Å²) in [5, 5.41) is 0. The molecule has 132 valence electrons. The second-order valence-corrected chi connectivity index (χ2v) is 7.84. The summed E-state index contributed by atoms with van der Waals surface area (Å²) in [6.45, 7) is 9.92. The summed E-state index contributed by atoms with van der Waals surface area (Å²) in [6.07, 6.45) is 3.66. The fourth-order valence-corrected chi connectivity index (χ4v) is 3.70. The van der Waals surface area contributed by atoms with Gasteiger partial charge in [0, 0.05) is 32.2 Å². The van der Waals surface area contributed by atoms with Gasteiger partial charge in [-0.1, -0.05) is 19.9 Å². The third kappa shape index (κ3) is 3.97.